The minimum atomic E-state index is -0.320. The van der Waals surface area contributed by atoms with Crippen LogP contribution in [0.2, 0.25) is 10.0 Å². The van der Waals surface area contributed by atoms with E-state index < -0.39 is 0 Å². The fraction of sp³-hybridized carbons (Fsp3) is 0. The average Bonchev–Trinajstić information content (AvgIpc) is 3.09. The van der Waals surface area contributed by atoms with Gasteiger partial charge in [0.2, 0.25) is 0 Å². The number of fused-ring (bicyclic) bond motifs is 1. The highest BCUT2D eigenvalue weighted by atomic mass is 35.5. The zero-order valence-corrected chi connectivity index (χ0v) is 15.0. The fourth-order valence-corrected chi connectivity index (χ4v) is 3.25. The Bertz CT molecular complexity index is 1120. The summed E-state index contributed by atoms with van der Waals surface area (Å²) in [6.45, 7) is 0. The number of aromatic nitrogens is 2. The second-order valence-corrected chi connectivity index (χ2v) is 6.54. The van der Waals surface area contributed by atoms with Crippen LogP contribution >= 0.6 is 23.2 Å². The van der Waals surface area contributed by atoms with Crippen LogP contribution in [0.5, 0.6) is 0 Å². The molecule has 0 aliphatic heterocycles. The highest BCUT2D eigenvalue weighted by molar-refractivity contribution is 6.34. The number of nitrogens with one attached hydrogen (secondary N) is 2. The highest BCUT2D eigenvalue weighted by Crippen LogP contribution is 2.33. The lowest BCUT2D eigenvalue weighted by Gasteiger charge is -2.11. The molecule has 2 N–H and O–H groups in total. The van der Waals surface area contributed by atoms with Crippen molar-refractivity contribution in [1.82, 2.24) is 9.97 Å². The molecular weight excluding hydrogens is 369 g/mol. The molecule has 0 unspecified atom stereocenters. The van der Waals surface area contributed by atoms with Crippen molar-refractivity contribution in [2.75, 3.05) is 5.32 Å². The Morgan fingerprint density at radius 2 is 1.85 bits per heavy atom. The molecule has 0 fully saturated rings. The maximum Gasteiger partial charge on any atom is 0.273 e. The number of rotatable bonds is 3. The van der Waals surface area contributed by atoms with E-state index >= 15 is 0 Å². The van der Waals surface area contributed by atoms with Gasteiger partial charge in [-0.15, -0.1) is 0 Å². The molecule has 2 aromatic heterocycles. The van der Waals surface area contributed by atoms with Crippen LogP contribution in [0.1, 0.15) is 10.5 Å². The third-order valence-corrected chi connectivity index (χ3v) is 4.72. The zero-order valence-electron chi connectivity index (χ0n) is 13.5. The summed E-state index contributed by atoms with van der Waals surface area (Å²) >= 11 is 12.4. The molecule has 0 radical (unpaired) electrons. The second-order valence-electron chi connectivity index (χ2n) is 5.73. The molecule has 0 aliphatic rings. The van der Waals surface area contributed by atoms with E-state index in [0.29, 0.717) is 21.4 Å². The van der Waals surface area contributed by atoms with E-state index in [0.717, 1.165) is 22.0 Å². The lowest BCUT2D eigenvalue weighted by molar-refractivity contribution is 0.102. The summed E-state index contributed by atoms with van der Waals surface area (Å²) in [6, 6.07) is 16.8. The summed E-state index contributed by atoms with van der Waals surface area (Å²) < 4.78 is 0. The van der Waals surface area contributed by atoms with Gasteiger partial charge in [-0.05, 0) is 35.7 Å². The Morgan fingerprint density at radius 3 is 2.65 bits per heavy atom. The monoisotopic (exact) mass is 381 g/mol. The van der Waals surface area contributed by atoms with Gasteiger partial charge in [-0.1, -0.05) is 47.5 Å². The van der Waals surface area contributed by atoms with Gasteiger partial charge in [-0.3, -0.25) is 9.78 Å². The molecule has 0 bridgehead atoms. The Hall–Kier alpha value is -2.82. The van der Waals surface area contributed by atoms with Crippen LogP contribution in [0.3, 0.4) is 0 Å². The van der Waals surface area contributed by atoms with Gasteiger partial charge in [0.05, 0.1) is 15.7 Å². The van der Waals surface area contributed by atoms with Crippen molar-refractivity contribution < 1.29 is 4.79 Å². The lowest BCUT2D eigenvalue weighted by Crippen LogP contribution is -2.12. The van der Waals surface area contributed by atoms with Crippen LogP contribution in [0.25, 0.3) is 22.0 Å². The van der Waals surface area contributed by atoms with Crippen LogP contribution in [-0.2, 0) is 0 Å². The van der Waals surface area contributed by atoms with E-state index in [9.17, 15) is 4.79 Å². The van der Waals surface area contributed by atoms with Gasteiger partial charge in [0.1, 0.15) is 5.69 Å². The Morgan fingerprint density at radius 1 is 1.00 bits per heavy atom. The molecule has 26 heavy (non-hydrogen) atoms. The molecule has 6 heteroatoms. The number of pyridine rings is 1. The van der Waals surface area contributed by atoms with Gasteiger partial charge in [-0.25, -0.2) is 0 Å². The van der Waals surface area contributed by atoms with E-state index in [2.05, 4.69) is 15.3 Å². The van der Waals surface area contributed by atoms with Crippen molar-refractivity contribution in [3.8, 4) is 11.3 Å². The van der Waals surface area contributed by atoms with Gasteiger partial charge in [-0.2, -0.15) is 0 Å². The smallest absolute Gasteiger partial charge is 0.273 e. The van der Waals surface area contributed by atoms with E-state index in [4.69, 9.17) is 23.2 Å². The van der Waals surface area contributed by atoms with E-state index in [1.54, 1.807) is 30.6 Å². The van der Waals surface area contributed by atoms with Crippen molar-refractivity contribution in [1.29, 1.82) is 0 Å². The number of halogens is 2. The molecule has 4 rings (SSSR count). The summed E-state index contributed by atoms with van der Waals surface area (Å²) in [7, 11) is 0. The van der Waals surface area contributed by atoms with E-state index in [-0.39, 0.29) is 5.91 Å². The topological polar surface area (TPSA) is 57.8 Å². The first-order valence-electron chi connectivity index (χ1n) is 7.91. The number of carbonyl (C=O) groups is 1. The first-order chi connectivity index (χ1) is 12.6. The third-order valence-electron chi connectivity index (χ3n) is 4.08. The SMILES string of the molecule is O=C(Nc1ccc(Cl)c(-c2nccc3ccccc23)c1)c1[nH]ccc1Cl. The second kappa shape index (κ2) is 6.83. The number of H-pyrrole nitrogens is 1. The molecule has 4 nitrogen and oxygen atoms in total. The molecule has 2 aromatic carbocycles. The van der Waals surface area contributed by atoms with Crippen LogP contribution in [0.15, 0.2) is 67.0 Å². The predicted molar refractivity (Wildman–Crippen MR) is 106 cm³/mol. The summed E-state index contributed by atoms with van der Waals surface area (Å²) in [6.07, 6.45) is 3.36. The number of hydrogen-bond acceptors (Lipinski definition) is 2. The van der Waals surface area contributed by atoms with Crippen molar-refractivity contribution >= 4 is 45.6 Å². The molecule has 0 saturated heterocycles. The zero-order chi connectivity index (χ0) is 18.1. The Balaban J connectivity index is 1.75. The number of aromatic amines is 1. The number of hydrogen-bond donors (Lipinski definition) is 2. The van der Waals surface area contributed by atoms with Crippen LogP contribution in [-0.4, -0.2) is 15.9 Å². The third kappa shape index (κ3) is 3.05. The predicted octanol–water partition coefficient (Wildman–Crippen LogP) is 5.79. The molecular formula is C20H13Cl2N3O. The van der Waals surface area contributed by atoms with Crippen molar-refractivity contribution in [2.45, 2.75) is 0 Å². The minimum Gasteiger partial charge on any atom is -0.356 e. The number of benzene rings is 2. The molecule has 0 aliphatic carbocycles. The lowest BCUT2D eigenvalue weighted by atomic mass is 10.0. The van der Waals surface area contributed by atoms with Gasteiger partial charge in [0.25, 0.3) is 5.91 Å². The number of amides is 1. The summed E-state index contributed by atoms with van der Waals surface area (Å²) in [4.78, 5) is 19.7. The van der Waals surface area contributed by atoms with E-state index in [1.165, 1.54) is 0 Å². The number of carbonyl (C=O) groups excluding carboxylic acids is 1. The molecule has 4 aromatic rings. The first-order valence-corrected chi connectivity index (χ1v) is 8.67. The van der Waals surface area contributed by atoms with Gasteiger partial charge < -0.3 is 10.3 Å². The van der Waals surface area contributed by atoms with Crippen molar-refractivity contribution in [3.05, 3.63) is 82.7 Å². The van der Waals surface area contributed by atoms with Crippen molar-refractivity contribution in [3.63, 3.8) is 0 Å². The van der Waals surface area contributed by atoms with Crippen LogP contribution in [0.4, 0.5) is 5.69 Å². The quantitative estimate of drug-likeness (QED) is 0.471. The summed E-state index contributed by atoms with van der Waals surface area (Å²) in [5.74, 6) is -0.320. The molecule has 0 atom stereocenters. The normalized spacial score (nSPS) is 10.8. The van der Waals surface area contributed by atoms with Crippen LogP contribution < -0.4 is 5.32 Å². The standard InChI is InChI=1S/C20H13Cl2N3O/c21-16-6-5-13(25-20(26)19-17(22)8-10-24-19)11-15(16)18-14-4-2-1-3-12(14)7-9-23-18/h1-11,24H,(H,25,26). The summed E-state index contributed by atoms with van der Waals surface area (Å²) in [5, 5.41) is 5.82. The van der Waals surface area contributed by atoms with Gasteiger partial charge in [0, 0.05) is 29.0 Å². The van der Waals surface area contributed by atoms with Crippen molar-refractivity contribution in [2.24, 2.45) is 0 Å². The maximum atomic E-state index is 12.4. The fourth-order valence-electron chi connectivity index (χ4n) is 2.84. The number of anilines is 1. The van der Waals surface area contributed by atoms with Gasteiger partial charge >= 0.3 is 0 Å². The maximum absolute atomic E-state index is 12.4. The highest BCUT2D eigenvalue weighted by Gasteiger charge is 2.14. The van der Waals surface area contributed by atoms with E-state index in [1.807, 2.05) is 36.4 Å². The molecule has 0 spiro atoms. The van der Waals surface area contributed by atoms with Crippen LogP contribution in [0, 0.1) is 0 Å². The molecule has 2 heterocycles. The molecule has 128 valence electrons. The minimum absolute atomic E-state index is 0.312. The molecule has 0 saturated carbocycles. The Kier molecular flexibility index (Phi) is 4.37. The largest absolute Gasteiger partial charge is 0.356 e. The number of nitrogens with zero attached hydrogens (tertiary/aromatic N) is 1. The van der Waals surface area contributed by atoms with Gasteiger partial charge in [0.15, 0.2) is 0 Å². The molecule has 1 amide bonds. The Labute approximate surface area is 159 Å². The summed E-state index contributed by atoms with van der Waals surface area (Å²) in [5.41, 5.74) is 2.43. The average molecular weight is 382 g/mol. The first kappa shape index (κ1) is 16.6.